The summed E-state index contributed by atoms with van der Waals surface area (Å²) < 4.78 is 14.4. The molecule has 0 unspecified atom stereocenters. The maximum absolute atomic E-state index is 14.4. The van der Waals surface area contributed by atoms with Crippen LogP contribution in [-0.2, 0) is 6.54 Å². The van der Waals surface area contributed by atoms with Gasteiger partial charge < -0.3 is 4.90 Å². The standard InChI is InChI=1S/C23H19FN4/c1-28(16-17-8-3-2-4-9-17)22-14-21(19-11-5-6-12-20(19)24)26-23(27-22)18-10-7-13-25-15-18/h2-15H,16H2,1H3. The van der Waals surface area contributed by atoms with E-state index in [1.807, 2.05) is 48.3 Å². The molecule has 0 bridgehead atoms. The number of pyridine rings is 1. The molecule has 0 saturated heterocycles. The summed E-state index contributed by atoms with van der Waals surface area (Å²) in [6.07, 6.45) is 3.41. The Labute approximate surface area is 163 Å². The van der Waals surface area contributed by atoms with Gasteiger partial charge in [-0.3, -0.25) is 4.98 Å². The van der Waals surface area contributed by atoms with Crippen molar-refractivity contribution in [1.82, 2.24) is 15.0 Å². The molecule has 0 spiro atoms. The van der Waals surface area contributed by atoms with Crippen molar-refractivity contribution in [2.75, 3.05) is 11.9 Å². The minimum absolute atomic E-state index is 0.310. The summed E-state index contributed by atoms with van der Waals surface area (Å²) in [4.78, 5) is 15.5. The van der Waals surface area contributed by atoms with Crippen LogP contribution in [0.2, 0.25) is 0 Å². The van der Waals surface area contributed by atoms with Crippen molar-refractivity contribution >= 4 is 5.82 Å². The molecule has 28 heavy (non-hydrogen) atoms. The van der Waals surface area contributed by atoms with E-state index in [-0.39, 0.29) is 5.82 Å². The van der Waals surface area contributed by atoms with Gasteiger partial charge in [0.2, 0.25) is 0 Å². The molecular weight excluding hydrogens is 351 g/mol. The molecule has 4 aromatic rings. The van der Waals surface area contributed by atoms with Crippen molar-refractivity contribution in [3.63, 3.8) is 0 Å². The minimum Gasteiger partial charge on any atom is -0.355 e. The van der Waals surface area contributed by atoms with Gasteiger partial charge in [0.15, 0.2) is 5.82 Å². The summed E-state index contributed by atoms with van der Waals surface area (Å²) in [6.45, 7) is 0.682. The van der Waals surface area contributed by atoms with Crippen LogP contribution in [0.4, 0.5) is 10.2 Å². The fourth-order valence-electron chi connectivity index (χ4n) is 3.00. The van der Waals surface area contributed by atoms with E-state index in [0.717, 1.165) is 11.4 Å². The second-order valence-electron chi connectivity index (χ2n) is 6.50. The van der Waals surface area contributed by atoms with E-state index < -0.39 is 0 Å². The molecule has 0 aliphatic rings. The molecule has 138 valence electrons. The number of rotatable bonds is 5. The van der Waals surface area contributed by atoms with Crippen molar-refractivity contribution in [3.05, 3.63) is 96.6 Å². The van der Waals surface area contributed by atoms with E-state index >= 15 is 0 Å². The van der Waals surface area contributed by atoms with E-state index in [2.05, 4.69) is 22.1 Å². The molecule has 0 aliphatic heterocycles. The second-order valence-corrected chi connectivity index (χ2v) is 6.50. The Kier molecular flexibility index (Phi) is 5.06. The maximum Gasteiger partial charge on any atom is 0.163 e. The van der Waals surface area contributed by atoms with Crippen LogP contribution < -0.4 is 4.90 Å². The minimum atomic E-state index is -0.310. The van der Waals surface area contributed by atoms with Crippen LogP contribution in [0, 0.1) is 5.82 Å². The van der Waals surface area contributed by atoms with Gasteiger partial charge in [0.25, 0.3) is 0 Å². The third kappa shape index (κ3) is 3.88. The quantitative estimate of drug-likeness (QED) is 0.497. The normalized spacial score (nSPS) is 10.6. The van der Waals surface area contributed by atoms with Crippen LogP contribution in [0.3, 0.4) is 0 Å². The van der Waals surface area contributed by atoms with E-state index in [0.29, 0.717) is 23.6 Å². The van der Waals surface area contributed by atoms with Gasteiger partial charge in [0.1, 0.15) is 11.6 Å². The number of nitrogens with zero attached hydrogens (tertiary/aromatic N) is 4. The molecule has 0 saturated carbocycles. The van der Waals surface area contributed by atoms with Crippen LogP contribution in [0.1, 0.15) is 5.56 Å². The van der Waals surface area contributed by atoms with Crippen molar-refractivity contribution in [2.45, 2.75) is 6.54 Å². The smallest absolute Gasteiger partial charge is 0.163 e. The van der Waals surface area contributed by atoms with Crippen molar-refractivity contribution in [2.24, 2.45) is 0 Å². The molecule has 0 N–H and O–H groups in total. The zero-order chi connectivity index (χ0) is 19.3. The Balaban J connectivity index is 1.79. The molecule has 0 amide bonds. The van der Waals surface area contributed by atoms with Gasteiger partial charge in [-0.05, 0) is 29.8 Å². The second kappa shape index (κ2) is 7.96. The molecule has 5 heteroatoms. The highest BCUT2D eigenvalue weighted by Gasteiger charge is 2.14. The highest BCUT2D eigenvalue weighted by molar-refractivity contribution is 5.68. The highest BCUT2D eigenvalue weighted by Crippen LogP contribution is 2.27. The topological polar surface area (TPSA) is 41.9 Å². The summed E-state index contributed by atoms with van der Waals surface area (Å²) in [5, 5.41) is 0. The van der Waals surface area contributed by atoms with E-state index in [9.17, 15) is 4.39 Å². The van der Waals surface area contributed by atoms with Crippen LogP contribution in [-0.4, -0.2) is 22.0 Å². The summed E-state index contributed by atoms with van der Waals surface area (Å²) in [5.74, 6) is 0.926. The SMILES string of the molecule is CN(Cc1ccccc1)c1cc(-c2ccccc2F)nc(-c2cccnc2)n1. The Hall–Kier alpha value is -3.60. The Bertz CT molecular complexity index is 1070. The first-order valence-corrected chi connectivity index (χ1v) is 9.00. The monoisotopic (exact) mass is 370 g/mol. The lowest BCUT2D eigenvalue weighted by atomic mass is 10.1. The van der Waals surface area contributed by atoms with Crippen LogP contribution >= 0.6 is 0 Å². The first-order valence-electron chi connectivity index (χ1n) is 9.00. The van der Waals surface area contributed by atoms with Gasteiger partial charge in [-0.15, -0.1) is 0 Å². The molecule has 4 rings (SSSR count). The summed E-state index contributed by atoms with van der Waals surface area (Å²) in [7, 11) is 1.97. The molecule has 0 aliphatic carbocycles. The van der Waals surface area contributed by atoms with Gasteiger partial charge in [-0.25, -0.2) is 14.4 Å². The molecule has 2 heterocycles. The van der Waals surface area contributed by atoms with Gasteiger partial charge >= 0.3 is 0 Å². The van der Waals surface area contributed by atoms with Gasteiger partial charge in [0.05, 0.1) is 5.69 Å². The number of anilines is 1. The summed E-state index contributed by atoms with van der Waals surface area (Å²) in [6, 6.07) is 22.3. The molecule has 0 radical (unpaired) electrons. The predicted octanol–water partition coefficient (Wildman–Crippen LogP) is 4.98. The fourth-order valence-corrected chi connectivity index (χ4v) is 3.00. The number of halogens is 1. The number of hydrogen-bond donors (Lipinski definition) is 0. The maximum atomic E-state index is 14.4. The Morgan fingerprint density at radius 3 is 2.43 bits per heavy atom. The molecule has 0 atom stereocenters. The molecule has 4 nitrogen and oxygen atoms in total. The lowest BCUT2D eigenvalue weighted by molar-refractivity contribution is 0.630. The van der Waals surface area contributed by atoms with Crippen molar-refractivity contribution in [1.29, 1.82) is 0 Å². The molecular formula is C23H19FN4. The highest BCUT2D eigenvalue weighted by atomic mass is 19.1. The zero-order valence-corrected chi connectivity index (χ0v) is 15.5. The third-order valence-corrected chi connectivity index (χ3v) is 4.44. The average Bonchev–Trinajstić information content (AvgIpc) is 2.75. The number of aromatic nitrogens is 3. The lowest BCUT2D eigenvalue weighted by Gasteiger charge is -2.20. The van der Waals surface area contributed by atoms with Gasteiger partial charge in [0, 0.05) is 43.2 Å². The first-order chi connectivity index (χ1) is 13.7. The van der Waals surface area contributed by atoms with Crippen LogP contribution in [0.25, 0.3) is 22.6 Å². The fraction of sp³-hybridized carbons (Fsp3) is 0.0870. The van der Waals surface area contributed by atoms with E-state index in [4.69, 9.17) is 4.98 Å². The third-order valence-electron chi connectivity index (χ3n) is 4.44. The van der Waals surface area contributed by atoms with Crippen molar-refractivity contribution in [3.8, 4) is 22.6 Å². The predicted molar refractivity (Wildman–Crippen MR) is 109 cm³/mol. The molecule has 0 fully saturated rings. The largest absolute Gasteiger partial charge is 0.355 e. The summed E-state index contributed by atoms with van der Waals surface area (Å²) >= 11 is 0. The zero-order valence-electron chi connectivity index (χ0n) is 15.5. The first kappa shape index (κ1) is 17.8. The summed E-state index contributed by atoms with van der Waals surface area (Å²) in [5.41, 5.74) is 2.94. The molecule has 2 aromatic carbocycles. The average molecular weight is 370 g/mol. The van der Waals surface area contributed by atoms with Crippen LogP contribution in [0.15, 0.2) is 85.2 Å². The lowest BCUT2D eigenvalue weighted by Crippen LogP contribution is -2.18. The Morgan fingerprint density at radius 1 is 0.893 bits per heavy atom. The number of hydrogen-bond acceptors (Lipinski definition) is 4. The van der Waals surface area contributed by atoms with Crippen molar-refractivity contribution < 1.29 is 4.39 Å². The molecule has 2 aromatic heterocycles. The van der Waals surface area contributed by atoms with Crippen LogP contribution in [0.5, 0.6) is 0 Å². The Morgan fingerprint density at radius 2 is 1.68 bits per heavy atom. The van der Waals surface area contributed by atoms with Gasteiger partial charge in [-0.2, -0.15) is 0 Å². The number of benzene rings is 2. The van der Waals surface area contributed by atoms with Gasteiger partial charge in [-0.1, -0.05) is 42.5 Å². The van der Waals surface area contributed by atoms with E-state index in [1.54, 1.807) is 30.6 Å². The van der Waals surface area contributed by atoms with E-state index in [1.165, 1.54) is 11.6 Å².